The third-order valence-electron chi connectivity index (χ3n) is 6.28. The summed E-state index contributed by atoms with van der Waals surface area (Å²) in [6.45, 7) is 7.43. The highest BCUT2D eigenvalue weighted by Gasteiger charge is 2.50. The average molecular weight is 476 g/mol. The molecule has 0 saturated carbocycles. The minimum absolute atomic E-state index is 0.122. The Morgan fingerprint density at radius 3 is 2.26 bits per heavy atom. The second-order valence-electron chi connectivity index (χ2n) is 9.41. The molecule has 2 aromatic heterocycles. The van der Waals surface area contributed by atoms with Gasteiger partial charge in [-0.05, 0) is 15.4 Å². The van der Waals surface area contributed by atoms with E-state index in [2.05, 4.69) is 84.3 Å². The number of aromatic nitrogens is 4. The van der Waals surface area contributed by atoms with Crippen LogP contribution in [-0.4, -0.2) is 47.3 Å². The van der Waals surface area contributed by atoms with Crippen LogP contribution in [0, 0.1) is 0 Å². The quantitative estimate of drug-likeness (QED) is 0.428. The van der Waals surface area contributed by atoms with Crippen molar-refractivity contribution in [2.24, 2.45) is 0 Å². The van der Waals surface area contributed by atoms with Gasteiger partial charge in [-0.1, -0.05) is 81.4 Å². The highest BCUT2D eigenvalue weighted by molar-refractivity contribution is 6.99. The van der Waals surface area contributed by atoms with Crippen LogP contribution < -0.4 is 16.1 Å². The summed E-state index contributed by atoms with van der Waals surface area (Å²) in [6.07, 6.45) is 2.21. The lowest BCUT2D eigenvalue weighted by Gasteiger charge is -2.43. The monoisotopic (exact) mass is 475 g/mol. The molecule has 176 valence electrons. The summed E-state index contributed by atoms with van der Waals surface area (Å²) >= 11 is 0. The molecule has 2 aromatic carbocycles. The largest absolute Gasteiger partial charge is 0.402 e. The fourth-order valence-corrected chi connectivity index (χ4v) is 9.25. The van der Waals surface area contributed by atoms with Crippen LogP contribution in [-0.2, 0) is 13.9 Å². The van der Waals surface area contributed by atoms with Crippen LogP contribution in [0.4, 0.5) is 5.82 Å². The van der Waals surface area contributed by atoms with Crippen molar-refractivity contribution in [2.75, 3.05) is 18.9 Å². The first kappa shape index (κ1) is 22.7. The first-order valence-electron chi connectivity index (χ1n) is 11.4. The van der Waals surface area contributed by atoms with Gasteiger partial charge in [-0.3, -0.25) is 4.57 Å². The van der Waals surface area contributed by atoms with Crippen LogP contribution in [0.2, 0.25) is 5.04 Å². The fourth-order valence-electron chi connectivity index (χ4n) is 4.71. The molecule has 0 unspecified atom stereocenters. The van der Waals surface area contributed by atoms with Crippen LogP contribution >= 0.6 is 0 Å². The summed E-state index contributed by atoms with van der Waals surface area (Å²) < 4.78 is 21.0. The SMILES string of the molecule is CC(C)(C)[Si](OC[C@@H]1OC[C@H](n2cnc3c(N)ncnc32)O1)(c1ccccc1)c1ccccc1. The van der Waals surface area contributed by atoms with Crippen molar-refractivity contribution in [3.8, 4) is 0 Å². The van der Waals surface area contributed by atoms with Crippen LogP contribution in [0.15, 0.2) is 73.3 Å². The van der Waals surface area contributed by atoms with Gasteiger partial charge in [0.2, 0.25) is 0 Å². The van der Waals surface area contributed by atoms with Gasteiger partial charge in [-0.15, -0.1) is 0 Å². The summed E-state index contributed by atoms with van der Waals surface area (Å²) in [6, 6.07) is 21.1. The Labute approximate surface area is 199 Å². The number of rotatable bonds is 6. The summed E-state index contributed by atoms with van der Waals surface area (Å²) in [5, 5.41) is 2.31. The number of hydrogen-bond donors (Lipinski definition) is 1. The number of nitrogens with zero attached hydrogens (tertiary/aromatic N) is 4. The fraction of sp³-hybridized carbons (Fsp3) is 0.320. The van der Waals surface area contributed by atoms with Gasteiger partial charge >= 0.3 is 0 Å². The molecule has 0 aliphatic carbocycles. The van der Waals surface area contributed by atoms with Crippen LogP contribution in [0.3, 0.4) is 0 Å². The van der Waals surface area contributed by atoms with Crippen molar-refractivity contribution in [1.29, 1.82) is 0 Å². The molecule has 0 radical (unpaired) electrons. The molecule has 8 nitrogen and oxygen atoms in total. The molecule has 34 heavy (non-hydrogen) atoms. The van der Waals surface area contributed by atoms with Gasteiger partial charge in [0.05, 0.1) is 19.5 Å². The Morgan fingerprint density at radius 1 is 1.00 bits per heavy atom. The third kappa shape index (κ3) is 3.90. The molecule has 9 heteroatoms. The number of ether oxygens (including phenoxy) is 2. The number of anilines is 1. The zero-order valence-electron chi connectivity index (χ0n) is 19.6. The van der Waals surface area contributed by atoms with Crippen molar-refractivity contribution < 1.29 is 13.9 Å². The molecule has 1 aliphatic rings. The molecule has 1 aliphatic heterocycles. The normalized spacial score (nSPS) is 19.0. The zero-order valence-corrected chi connectivity index (χ0v) is 20.6. The summed E-state index contributed by atoms with van der Waals surface area (Å²) in [4.78, 5) is 12.7. The van der Waals surface area contributed by atoms with E-state index in [0.717, 1.165) is 0 Å². The van der Waals surface area contributed by atoms with Gasteiger partial charge in [0.15, 0.2) is 24.0 Å². The maximum absolute atomic E-state index is 6.94. The van der Waals surface area contributed by atoms with Gasteiger partial charge in [0.1, 0.15) is 11.8 Å². The molecular formula is C25H29N5O3Si. The first-order valence-corrected chi connectivity index (χ1v) is 13.3. The van der Waals surface area contributed by atoms with E-state index in [-0.39, 0.29) is 11.3 Å². The van der Waals surface area contributed by atoms with E-state index in [9.17, 15) is 0 Å². The Balaban J connectivity index is 1.42. The Kier molecular flexibility index (Phi) is 5.94. The van der Waals surface area contributed by atoms with E-state index in [1.807, 2.05) is 16.7 Å². The van der Waals surface area contributed by atoms with E-state index in [1.54, 1.807) is 6.33 Å². The van der Waals surface area contributed by atoms with Crippen molar-refractivity contribution in [3.05, 3.63) is 73.3 Å². The minimum Gasteiger partial charge on any atom is -0.402 e. The summed E-state index contributed by atoms with van der Waals surface area (Å²) in [5.41, 5.74) is 7.10. The predicted molar refractivity (Wildman–Crippen MR) is 133 cm³/mol. The highest BCUT2D eigenvalue weighted by Crippen LogP contribution is 2.37. The number of nitrogen functional groups attached to an aromatic ring is 1. The number of benzene rings is 2. The van der Waals surface area contributed by atoms with E-state index in [1.165, 1.54) is 16.7 Å². The van der Waals surface area contributed by atoms with Crippen molar-refractivity contribution in [2.45, 2.75) is 38.3 Å². The maximum Gasteiger partial charge on any atom is 0.261 e. The van der Waals surface area contributed by atoms with Gasteiger partial charge in [0.25, 0.3) is 8.32 Å². The number of nitrogens with two attached hydrogens (primary N) is 1. The minimum atomic E-state index is -2.67. The smallest absolute Gasteiger partial charge is 0.261 e. The number of imidazole rings is 1. The van der Waals surface area contributed by atoms with Gasteiger partial charge in [-0.25, -0.2) is 15.0 Å². The van der Waals surface area contributed by atoms with Crippen molar-refractivity contribution in [3.63, 3.8) is 0 Å². The third-order valence-corrected chi connectivity index (χ3v) is 11.3. The molecule has 0 amide bonds. The molecular weight excluding hydrogens is 446 g/mol. The molecule has 5 rings (SSSR count). The summed E-state index contributed by atoms with van der Waals surface area (Å²) in [5.74, 6) is 0.342. The molecule has 1 fully saturated rings. The summed E-state index contributed by atoms with van der Waals surface area (Å²) in [7, 11) is -2.67. The molecule has 0 spiro atoms. The molecule has 4 aromatic rings. The standard InChI is InChI=1S/C25H29N5O3Si/c1-25(2,3)34(18-10-6-4-7-11-18,19-12-8-5-9-13-19)32-15-21-31-14-20(33-21)30-17-29-22-23(26)27-16-28-24(22)30/h4-13,16-17,20-21H,14-15H2,1-3H3,(H2,26,27,28)/t20-,21-/m1/s1. The average Bonchev–Trinajstić information content (AvgIpc) is 3.48. The molecule has 2 N–H and O–H groups in total. The molecule has 1 saturated heterocycles. The van der Waals surface area contributed by atoms with E-state index in [0.29, 0.717) is 30.2 Å². The number of hydrogen-bond acceptors (Lipinski definition) is 7. The molecule has 2 atom stereocenters. The van der Waals surface area contributed by atoms with Crippen LogP contribution in [0.5, 0.6) is 0 Å². The zero-order chi connectivity index (χ0) is 23.8. The first-order chi connectivity index (χ1) is 16.4. The Morgan fingerprint density at radius 2 is 1.65 bits per heavy atom. The topological polar surface area (TPSA) is 97.3 Å². The van der Waals surface area contributed by atoms with Crippen molar-refractivity contribution in [1.82, 2.24) is 19.5 Å². The Hall–Kier alpha value is -3.11. The second kappa shape index (κ2) is 8.92. The van der Waals surface area contributed by atoms with Crippen molar-refractivity contribution >= 4 is 35.7 Å². The van der Waals surface area contributed by atoms with E-state index in [4.69, 9.17) is 19.6 Å². The van der Waals surface area contributed by atoms with Crippen LogP contribution in [0.1, 0.15) is 27.0 Å². The molecule has 0 bridgehead atoms. The predicted octanol–water partition coefficient (Wildman–Crippen LogP) is 2.86. The van der Waals surface area contributed by atoms with Gasteiger partial charge in [0, 0.05) is 0 Å². The lowest BCUT2D eigenvalue weighted by molar-refractivity contribution is -0.0943. The number of fused-ring (bicyclic) bond motifs is 1. The highest BCUT2D eigenvalue weighted by atomic mass is 28.4. The van der Waals surface area contributed by atoms with Gasteiger partial charge in [-0.2, -0.15) is 0 Å². The Bertz CT molecular complexity index is 1220. The van der Waals surface area contributed by atoms with Gasteiger partial charge < -0.3 is 19.6 Å². The van der Waals surface area contributed by atoms with E-state index >= 15 is 0 Å². The second-order valence-corrected chi connectivity index (χ2v) is 13.7. The van der Waals surface area contributed by atoms with E-state index < -0.39 is 14.6 Å². The molecule has 3 heterocycles. The lowest BCUT2D eigenvalue weighted by Crippen LogP contribution is -2.67. The van der Waals surface area contributed by atoms with Crippen LogP contribution in [0.25, 0.3) is 11.2 Å². The lowest BCUT2D eigenvalue weighted by atomic mass is 10.2. The maximum atomic E-state index is 6.94.